The van der Waals surface area contributed by atoms with Crippen LogP contribution in [0.3, 0.4) is 0 Å². The van der Waals surface area contributed by atoms with Gasteiger partial charge in [-0.15, -0.1) is 24.0 Å². The molecule has 0 saturated carbocycles. The molecule has 20 heavy (non-hydrogen) atoms. The summed E-state index contributed by atoms with van der Waals surface area (Å²) in [5.41, 5.74) is 0. The zero-order valence-electron chi connectivity index (χ0n) is 13.7. The number of ether oxygens (including phenoxy) is 1. The van der Waals surface area contributed by atoms with Crippen LogP contribution in [0.4, 0.5) is 0 Å². The molecule has 122 valence electrons. The minimum atomic E-state index is 0. The molecule has 0 aromatic heterocycles. The Morgan fingerprint density at radius 2 is 1.85 bits per heavy atom. The highest BCUT2D eigenvalue weighted by atomic mass is 127. The van der Waals surface area contributed by atoms with Gasteiger partial charge in [-0.1, -0.05) is 13.8 Å². The third-order valence-electron chi connectivity index (χ3n) is 2.77. The van der Waals surface area contributed by atoms with Crippen LogP contribution >= 0.6 is 24.0 Å². The van der Waals surface area contributed by atoms with Gasteiger partial charge in [-0.2, -0.15) is 0 Å². The minimum Gasteiger partial charge on any atom is -0.382 e. The van der Waals surface area contributed by atoms with Gasteiger partial charge in [0.1, 0.15) is 0 Å². The Hall–Kier alpha value is -0.0400. The van der Waals surface area contributed by atoms with Gasteiger partial charge >= 0.3 is 0 Å². The Kier molecular flexibility index (Phi) is 18.9. The summed E-state index contributed by atoms with van der Waals surface area (Å²) in [7, 11) is 0. The van der Waals surface area contributed by atoms with E-state index in [9.17, 15) is 0 Å². The van der Waals surface area contributed by atoms with E-state index in [0.717, 1.165) is 57.6 Å². The molecule has 0 amide bonds. The van der Waals surface area contributed by atoms with E-state index in [1.54, 1.807) is 0 Å². The van der Waals surface area contributed by atoms with E-state index in [4.69, 9.17) is 4.74 Å². The van der Waals surface area contributed by atoms with Crippen molar-refractivity contribution in [1.82, 2.24) is 10.6 Å². The Bertz CT molecular complexity index is 223. The van der Waals surface area contributed by atoms with Crippen molar-refractivity contribution < 1.29 is 4.74 Å². The Morgan fingerprint density at radius 1 is 1.10 bits per heavy atom. The van der Waals surface area contributed by atoms with Crippen LogP contribution in [-0.4, -0.2) is 38.8 Å². The molecule has 0 aliphatic carbocycles. The van der Waals surface area contributed by atoms with Crippen molar-refractivity contribution in [3.8, 4) is 0 Å². The van der Waals surface area contributed by atoms with Gasteiger partial charge in [-0.25, -0.2) is 0 Å². The number of unbranched alkanes of at least 4 members (excludes halogenated alkanes) is 1. The topological polar surface area (TPSA) is 45.7 Å². The lowest BCUT2D eigenvalue weighted by Gasteiger charge is -2.11. The predicted molar refractivity (Wildman–Crippen MR) is 99.2 cm³/mol. The fourth-order valence-corrected chi connectivity index (χ4v) is 1.71. The van der Waals surface area contributed by atoms with Crippen molar-refractivity contribution >= 4 is 29.9 Å². The number of nitrogens with one attached hydrogen (secondary N) is 2. The van der Waals surface area contributed by atoms with E-state index in [1.165, 1.54) is 12.8 Å². The Labute approximate surface area is 142 Å². The third-order valence-corrected chi connectivity index (χ3v) is 2.77. The van der Waals surface area contributed by atoms with E-state index in [2.05, 4.69) is 36.4 Å². The quantitative estimate of drug-likeness (QED) is 0.242. The first-order chi connectivity index (χ1) is 9.20. The van der Waals surface area contributed by atoms with Crippen molar-refractivity contribution in [2.75, 3.05) is 32.8 Å². The number of hydrogen-bond acceptors (Lipinski definition) is 2. The van der Waals surface area contributed by atoms with Crippen molar-refractivity contribution in [3.05, 3.63) is 0 Å². The summed E-state index contributed by atoms with van der Waals surface area (Å²) in [6.45, 7) is 13.1. The number of aliphatic imine (C=N–C) groups is 1. The molecule has 2 N–H and O–H groups in total. The lowest BCUT2D eigenvalue weighted by Crippen LogP contribution is -2.38. The van der Waals surface area contributed by atoms with E-state index < -0.39 is 0 Å². The predicted octanol–water partition coefficient (Wildman–Crippen LogP) is 3.41. The molecule has 0 aromatic rings. The van der Waals surface area contributed by atoms with Crippen LogP contribution in [0, 0.1) is 5.92 Å². The molecule has 0 fully saturated rings. The molecule has 0 aromatic carbocycles. The molecule has 5 heteroatoms. The highest BCUT2D eigenvalue weighted by Gasteiger charge is 1.97. The first-order valence-corrected chi connectivity index (χ1v) is 7.80. The van der Waals surface area contributed by atoms with E-state index in [1.807, 2.05) is 6.92 Å². The van der Waals surface area contributed by atoms with Crippen molar-refractivity contribution in [2.24, 2.45) is 10.9 Å². The molecule has 0 heterocycles. The standard InChI is InChI=1S/C15H33N3O.HI/c1-5-16-15(18-12-9-10-14(3)4)17-11-7-8-13-19-6-2;/h14H,5-13H2,1-4H3,(H2,16,17,18);1H. The number of rotatable bonds is 11. The molecule has 0 atom stereocenters. The van der Waals surface area contributed by atoms with Gasteiger partial charge in [0.25, 0.3) is 0 Å². The highest BCUT2D eigenvalue weighted by Crippen LogP contribution is 2.02. The normalized spacial score (nSPS) is 11.3. The fourth-order valence-electron chi connectivity index (χ4n) is 1.71. The van der Waals surface area contributed by atoms with Crippen LogP contribution in [0.5, 0.6) is 0 Å². The molecule has 0 aliphatic heterocycles. The van der Waals surface area contributed by atoms with Crippen molar-refractivity contribution in [2.45, 2.75) is 53.4 Å². The summed E-state index contributed by atoms with van der Waals surface area (Å²) in [5, 5.41) is 6.65. The van der Waals surface area contributed by atoms with Crippen molar-refractivity contribution in [1.29, 1.82) is 0 Å². The van der Waals surface area contributed by atoms with Gasteiger partial charge in [-0.3, -0.25) is 4.99 Å². The van der Waals surface area contributed by atoms with Gasteiger partial charge in [0.2, 0.25) is 0 Å². The monoisotopic (exact) mass is 399 g/mol. The smallest absolute Gasteiger partial charge is 0.191 e. The summed E-state index contributed by atoms with van der Waals surface area (Å²) < 4.78 is 5.32. The average molecular weight is 399 g/mol. The SMILES string of the molecule is CCNC(=NCCCC(C)C)NCCCCOCC.I. The number of hydrogen-bond donors (Lipinski definition) is 2. The van der Waals surface area contributed by atoms with Crippen LogP contribution in [0.2, 0.25) is 0 Å². The molecule has 0 spiro atoms. The summed E-state index contributed by atoms with van der Waals surface area (Å²) in [6.07, 6.45) is 4.64. The molecule has 0 aliphatic rings. The second kappa shape index (κ2) is 17.0. The maximum Gasteiger partial charge on any atom is 0.191 e. The summed E-state index contributed by atoms with van der Waals surface area (Å²) in [5.74, 6) is 1.71. The molecular weight excluding hydrogens is 365 g/mol. The van der Waals surface area contributed by atoms with E-state index in [0.29, 0.717) is 0 Å². The zero-order valence-corrected chi connectivity index (χ0v) is 16.0. The minimum absolute atomic E-state index is 0. The van der Waals surface area contributed by atoms with Crippen LogP contribution in [0.15, 0.2) is 4.99 Å². The Balaban J connectivity index is 0. The van der Waals surface area contributed by atoms with Gasteiger partial charge in [0, 0.05) is 32.8 Å². The molecule has 0 rings (SSSR count). The van der Waals surface area contributed by atoms with Crippen LogP contribution in [0.25, 0.3) is 0 Å². The van der Waals surface area contributed by atoms with Crippen LogP contribution in [-0.2, 0) is 4.74 Å². The maximum absolute atomic E-state index is 5.32. The lowest BCUT2D eigenvalue weighted by atomic mass is 10.1. The number of guanidine groups is 1. The summed E-state index contributed by atoms with van der Waals surface area (Å²) >= 11 is 0. The van der Waals surface area contributed by atoms with Gasteiger partial charge in [-0.05, 0) is 45.4 Å². The molecule has 0 saturated heterocycles. The van der Waals surface area contributed by atoms with Crippen LogP contribution < -0.4 is 10.6 Å². The van der Waals surface area contributed by atoms with Gasteiger partial charge in [0.05, 0.1) is 0 Å². The second-order valence-corrected chi connectivity index (χ2v) is 5.13. The zero-order chi connectivity index (χ0) is 14.3. The molecule has 0 bridgehead atoms. The highest BCUT2D eigenvalue weighted by molar-refractivity contribution is 14.0. The van der Waals surface area contributed by atoms with Gasteiger partial charge in [0.15, 0.2) is 5.96 Å². The second-order valence-electron chi connectivity index (χ2n) is 5.13. The fraction of sp³-hybridized carbons (Fsp3) is 0.933. The molecule has 4 nitrogen and oxygen atoms in total. The molecular formula is C15H34IN3O. The Morgan fingerprint density at radius 3 is 2.45 bits per heavy atom. The van der Waals surface area contributed by atoms with Gasteiger partial charge < -0.3 is 15.4 Å². The van der Waals surface area contributed by atoms with E-state index in [-0.39, 0.29) is 24.0 Å². The maximum atomic E-state index is 5.32. The number of halogens is 1. The average Bonchev–Trinajstić information content (AvgIpc) is 2.38. The molecule has 0 radical (unpaired) electrons. The van der Waals surface area contributed by atoms with Crippen LogP contribution in [0.1, 0.15) is 53.4 Å². The van der Waals surface area contributed by atoms with Crippen molar-refractivity contribution in [3.63, 3.8) is 0 Å². The third kappa shape index (κ3) is 16.0. The van der Waals surface area contributed by atoms with E-state index >= 15 is 0 Å². The number of nitrogens with zero attached hydrogens (tertiary/aromatic N) is 1. The summed E-state index contributed by atoms with van der Waals surface area (Å²) in [4.78, 5) is 4.58. The summed E-state index contributed by atoms with van der Waals surface area (Å²) in [6, 6.07) is 0. The first kappa shape index (κ1) is 22.2. The molecule has 0 unspecified atom stereocenters. The largest absolute Gasteiger partial charge is 0.382 e. The lowest BCUT2D eigenvalue weighted by molar-refractivity contribution is 0.143. The first-order valence-electron chi connectivity index (χ1n) is 7.80.